The van der Waals surface area contributed by atoms with Gasteiger partial charge in [0.1, 0.15) is 12.4 Å². The maximum Gasteiger partial charge on any atom is 0.416 e. The molecule has 7 heteroatoms. The number of H-pyrrole nitrogens is 1. The number of alkyl halides is 3. The molecule has 2 aliphatic carbocycles. The van der Waals surface area contributed by atoms with E-state index in [0.29, 0.717) is 16.9 Å². The van der Waals surface area contributed by atoms with Gasteiger partial charge in [-0.05, 0) is 72.6 Å². The Morgan fingerprint density at radius 2 is 1.94 bits per heavy atom. The van der Waals surface area contributed by atoms with Crippen LogP contribution in [0.15, 0.2) is 36.4 Å². The number of rotatable bonds is 6. The summed E-state index contributed by atoms with van der Waals surface area (Å²) in [6.45, 7) is 0.0494. The van der Waals surface area contributed by atoms with Crippen molar-refractivity contribution >= 4 is 16.9 Å². The highest BCUT2D eigenvalue weighted by molar-refractivity contribution is 5.87. The molecule has 1 saturated carbocycles. The van der Waals surface area contributed by atoms with Crippen molar-refractivity contribution in [2.75, 3.05) is 0 Å². The number of ether oxygens (including phenoxy) is 1. The molecule has 0 bridgehead atoms. The Balaban J connectivity index is 1.36. The van der Waals surface area contributed by atoms with E-state index in [-0.39, 0.29) is 24.9 Å². The number of nitrogens with one attached hydrogen (secondary N) is 1. The third kappa shape index (κ3) is 3.89. The highest BCUT2D eigenvalue weighted by Crippen LogP contribution is 2.46. The van der Waals surface area contributed by atoms with Crippen LogP contribution in [0.1, 0.15) is 65.5 Å². The summed E-state index contributed by atoms with van der Waals surface area (Å²) in [5.41, 5.74) is 3.31. The van der Waals surface area contributed by atoms with Gasteiger partial charge in [0.25, 0.3) is 0 Å². The van der Waals surface area contributed by atoms with Crippen LogP contribution in [-0.4, -0.2) is 16.1 Å². The van der Waals surface area contributed by atoms with Crippen LogP contribution < -0.4 is 4.74 Å². The third-order valence-corrected chi connectivity index (χ3v) is 6.33. The molecule has 1 atom stereocenters. The van der Waals surface area contributed by atoms with Gasteiger partial charge in [-0.15, -0.1) is 0 Å². The Bertz CT molecular complexity index is 1160. The van der Waals surface area contributed by atoms with E-state index in [1.807, 2.05) is 12.1 Å². The molecule has 0 amide bonds. The zero-order chi connectivity index (χ0) is 21.8. The molecule has 1 unspecified atom stereocenters. The Labute approximate surface area is 177 Å². The second-order valence-electron chi connectivity index (χ2n) is 8.54. The smallest absolute Gasteiger partial charge is 0.416 e. The van der Waals surface area contributed by atoms with Gasteiger partial charge in [0.15, 0.2) is 0 Å². The summed E-state index contributed by atoms with van der Waals surface area (Å²) < 4.78 is 46.3. The summed E-state index contributed by atoms with van der Waals surface area (Å²) >= 11 is 0. The summed E-state index contributed by atoms with van der Waals surface area (Å²) in [5.74, 6) is -0.230. The number of hydrogen-bond donors (Lipinski definition) is 2. The molecular formula is C24H22F3NO3. The van der Waals surface area contributed by atoms with Crippen LogP contribution in [0.3, 0.4) is 0 Å². The predicted octanol–water partition coefficient (Wildman–Crippen LogP) is 6.15. The van der Waals surface area contributed by atoms with Crippen LogP contribution in [0.2, 0.25) is 0 Å². The normalized spacial score (nSPS) is 18.4. The van der Waals surface area contributed by atoms with Crippen LogP contribution in [0.25, 0.3) is 10.9 Å². The first-order valence-corrected chi connectivity index (χ1v) is 10.5. The second-order valence-corrected chi connectivity index (χ2v) is 8.54. The lowest BCUT2D eigenvalue weighted by molar-refractivity contribution is -0.138. The molecule has 1 aromatic heterocycles. The van der Waals surface area contributed by atoms with Crippen LogP contribution in [0.4, 0.5) is 13.2 Å². The van der Waals surface area contributed by atoms with E-state index in [2.05, 4.69) is 4.98 Å². The van der Waals surface area contributed by atoms with Gasteiger partial charge < -0.3 is 14.8 Å². The summed E-state index contributed by atoms with van der Waals surface area (Å²) in [6.07, 6.45) is -1.05. The molecule has 162 valence electrons. The molecule has 2 N–H and O–H groups in total. The molecule has 2 aliphatic rings. The Hall–Kier alpha value is -2.96. The van der Waals surface area contributed by atoms with Crippen molar-refractivity contribution in [3.8, 4) is 5.75 Å². The standard InChI is InChI=1S/C24H22F3NO3/c25-24(26,27)20-9-13(1-6-17(20)14-2-3-14)12-31-16-5-8-21-19(11-16)18-7-4-15(10-22(29)30)23(18)28-21/h1,5-6,8-9,11,14-15,28H,2-4,7,10,12H2,(H,29,30). The minimum absolute atomic E-state index is 0.0185. The molecule has 0 aliphatic heterocycles. The Morgan fingerprint density at radius 3 is 2.65 bits per heavy atom. The number of carbonyl (C=O) groups is 1. The average molecular weight is 429 g/mol. The number of aryl methyl sites for hydroxylation is 1. The zero-order valence-corrected chi connectivity index (χ0v) is 16.8. The van der Waals surface area contributed by atoms with Crippen molar-refractivity contribution in [2.45, 2.75) is 56.7 Å². The molecule has 0 saturated heterocycles. The largest absolute Gasteiger partial charge is 0.489 e. The molecule has 0 spiro atoms. The van der Waals surface area contributed by atoms with Crippen molar-refractivity contribution < 1.29 is 27.8 Å². The molecule has 4 nitrogen and oxygen atoms in total. The lowest BCUT2D eigenvalue weighted by Gasteiger charge is -2.15. The summed E-state index contributed by atoms with van der Waals surface area (Å²) in [5, 5.41) is 10.1. The van der Waals surface area contributed by atoms with Gasteiger partial charge in [0, 0.05) is 22.5 Å². The first-order valence-electron chi connectivity index (χ1n) is 10.5. The van der Waals surface area contributed by atoms with E-state index in [9.17, 15) is 18.0 Å². The number of benzene rings is 2. The highest BCUT2D eigenvalue weighted by atomic mass is 19.4. The first-order chi connectivity index (χ1) is 14.8. The van der Waals surface area contributed by atoms with Gasteiger partial charge in [-0.3, -0.25) is 4.79 Å². The van der Waals surface area contributed by atoms with E-state index in [1.165, 1.54) is 6.07 Å². The number of halogens is 3. The van der Waals surface area contributed by atoms with Gasteiger partial charge in [-0.1, -0.05) is 12.1 Å². The van der Waals surface area contributed by atoms with Gasteiger partial charge >= 0.3 is 12.1 Å². The summed E-state index contributed by atoms with van der Waals surface area (Å²) in [7, 11) is 0. The molecular weight excluding hydrogens is 407 g/mol. The van der Waals surface area contributed by atoms with E-state index in [0.717, 1.165) is 47.8 Å². The van der Waals surface area contributed by atoms with Gasteiger partial charge in [0.2, 0.25) is 0 Å². The van der Waals surface area contributed by atoms with Crippen LogP contribution >= 0.6 is 0 Å². The molecule has 31 heavy (non-hydrogen) atoms. The van der Waals surface area contributed by atoms with Crippen molar-refractivity contribution in [3.63, 3.8) is 0 Å². The van der Waals surface area contributed by atoms with E-state index >= 15 is 0 Å². The Morgan fingerprint density at radius 1 is 1.13 bits per heavy atom. The van der Waals surface area contributed by atoms with E-state index in [1.54, 1.807) is 18.2 Å². The van der Waals surface area contributed by atoms with E-state index < -0.39 is 17.7 Å². The third-order valence-electron chi connectivity index (χ3n) is 6.33. The Kier molecular flexibility index (Phi) is 4.72. The van der Waals surface area contributed by atoms with Crippen molar-refractivity contribution in [3.05, 3.63) is 64.3 Å². The molecule has 1 fully saturated rings. The average Bonchev–Trinajstić information content (AvgIpc) is 3.40. The minimum atomic E-state index is -4.37. The van der Waals surface area contributed by atoms with Crippen molar-refractivity contribution in [2.24, 2.45) is 0 Å². The van der Waals surface area contributed by atoms with Crippen molar-refractivity contribution in [1.29, 1.82) is 0 Å². The van der Waals surface area contributed by atoms with Gasteiger partial charge in [-0.2, -0.15) is 13.2 Å². The number of carboxylic acids is 1. The fraction of sp³-hybridized carbons (Fsp3) is 0.375. The van der Waals surface area contributed by atoms with Gasteiger partial charge in [-0.25, -0.2) is 0 Å². The second kappa shape index (κ2) is 7.32. The zero-order valence-electron chi connectivity index (χ0n) is 16.8. The van der Waals surface area contributed by atoms with Crippen LogP contribution in [0.5, 0.6) is 5.75 Å². The SMILES string of the molecule is O=C(O)CC1CCc2c1[nH]c1ccc(OCc3ccc(C4CC4)c(C(F)(F)F)c3)cc21. The first kappa shape index (κ1) is 20.0. The molecule has 5 rings (SSSR count). The van der Waals surface area contributed by atoms with Crippen LogP contribution in [0, 0.1) is 0 Å². The van der Waals surface area contributed by atoms with Gasteiger partial charge in [0.05, 0.1) is 12.0 Å². The molecule has 1 heterocycles. The highest BCUT2D eigenvalue weighted by Gasteiger charge is 2.38. The molecule has 3 aromatic rings. The maximum absolute atomic E-state index is 13.5. The molecule has 2 aromatic carbocycles. The van der Waals surface area contributed by atoms with E-state index in [4.69, 9.17) is 9.84 Å². The lowest BCUT2D eigenvalue weighted by Crippen LogP contribution is -2.10. The number of aromatic amines is 1. The number of fused-ring (bicyclic) bond motifs is 3. The number of aromatic nitrogens is 1. The minimum Gasteiger partial charge on any atom is -0.489 e. The molecule has 0 radical (unpaired) electrons. The fourth-order valence-electron chi connectivity index (χ4n) is 4.69. The van der Waals surface area contributed by atoms with Crippen molar-refractivity contribution in [1.82, 2.24) is 4.98 Å². The summed E-state index contributed by atoms with van der Waals surface area (Å²) in [4.78, 5) is 14.4. The monoisotopic (exact) mass is 429 g/mol. The fourth-order valence-corrected chi connectivity index (χ4v) is 4.69. The predicted molar refractivity (Wildman–Crippen MR) is 109 cm³/mol. The van der Waals surface area contributed by atoms with Crippen LogP contribution in [-0.2, 0) is 24.0 Å². The maximum atomic E-state index is 13.5. The topological polar surface area (TPSA) is 62.3 Å². The number of aliphatic carboxylic acids is 1. The quantitative estimate of drug-likeness (QED) is 0.494. The number of hydrogen-bond acceptors (Lipinski definition) is 2. The lowest BCUT2D eigenvalue weighted by atomic mass is 10.00. The summed E-state index contributed by atoms with van der Waals surface area (Å²) in [6, 6.07) is 10.0. The number of carboxylic acid groups (broad SMARTS) is 1.